The van der Waals surface area contributed by atoms with Gasteiger partial charge in [0.25, 0.3) is 0 Å². The summed E-state index contributed by atoms with van der Waals surface area (Å²) in [7, 11) is 0. The fraction of sp³-hybridized carbons (Fsp3) is 0.0164. The van der Waals surface area contributed by atoms with Crippen LogP contribution in [0.3, 0.4) is 0 Å². The Kier molecular flexibility index (Phi) is 8.34. The van der Waals surface area contributed by atoms with Crippen molar-refractivity contribution in [1.82, 2.24) is 0 Å². The van der Waals surface area contributed by atoms with Gasteiger partial charge in [0.2, 0.25) is 0 Å². The van der Waals surface area contributed by atoms with Gasteiger partial charge in [0, 0.05) is 48.0 Å². The molecule has 10 aromatic carbocycles. The second-order valence-corrected chi connectivity index (χ2v) is 17.8. The molecule has 2 heterocycles. The van der Waals surface area contributed by atoms with E-state index >= 15 is 0 Å². The summed E-state index contributed by atoms with van der Waals surface area (Å²) in [5.41, 5.74) is 17.1. The van der Waals surface area contributed by atoms with Gasteiger partial charge in [0.15, 0.2) is 0 Å². The van der Waals surface area contributed by atoms with Crippen molar-refractivity contribution in [3.8, 4) is 33.4 Å². The number of rotatable bonds is 7. The maximum Gasteiger partial charge on any atom is 0.135 e. The number of benzene rings is 10. The number of nitrogens with zero attached hydrogens (tertiary/aromatic N) is 1. The molecule has 0 radical (unpaired) electrons. The molecule has 300 valence electrons. The van der Waals surface area contributed by atoms with E-state index in [-0.39, 0.29) is 0 Å². The van der Waals surface area contributed by atoms with E-state index in [1.54, 1.807) is 0 Å². The maximum absolute atomic E-state index is 6.16. The quantitative estimate of drug-likeness (QED) is 0.159. The first kappa shape index (κ1) is 36.7. The zero-order valence-electron chi connectivity index (χ0n) is 34.8. The fourth-order valence-corrected chi connectivity index (χ4v) is 11.7. The Balaban J connectivity index is 0.939. The molecule has 12 aromatic rings. The van der Waals surface area contributed by atoms with Crippen LogP contribution in [0.2, 0.25) is 0 Å². The Hall–Kier alpha value is -7.98. The van der Waals surface area contributed by atoms with Gasteiger partial charge < -0.3 is 9.32 Å². The van der Waals surface area contributed by atoms with Crippen LogP contribution in [0.1, 0.15) is 22.3 Å². The van der Waals surface area contributed by atoms with Crippen LogP contribution < -0.4 is 4.90 Å². The Morgan fingerprint density at radius 2 is 0.859 bits per heavy atom. The molecule has 3 heteroatoms. The first-order chi connectivity index (χ1) is 31.7. The van der Waals surface area contributed by atoms with Gasteiger partial charge in [0.1, 0.15) is 11.2 Å². The second-order valence-electron chi connectivity index (χ2n) is 16.8. The van der Waals surface area contributed by atoms with Gasteiger partial charge in [0.05, 0.1) is 5.41 Å². The molecule has 0 saturated heterocycles. The lowest BCUT2D eigenvalue weighted by Crippen LogP contribution is -2.28. The van der Waals surface area contributed by atoms with Crippen molar-refractivity contribution >= 4 is 70.5 Å². The Labute approximate surface area is 375 Å². The lowest BCUT2D eigenvalue weighted by atomic mass is 9.68. The van der Waals surface area contributed by atoms with Crippen molar-refractivity contribution < 1.29 is 4.42 Å². The molecule has 2 nitrogen and oxygen atoms in total. The van der Waals surface area contributed by atoms with Crippen LogP contribution in [0.4, 0.5) is 17.1 Å². The van der Waals surface area contributed by atoms with Crippen LogP contribution >= 0.6 is 11.3 Å². The SMILES string of the molecule is c1ccc(C2(c3ccc(N(c4ccc(-c5ccc6oc7ccccc7c6c5)cc4)c4ccc(-c5cccc6c5sc5ccccc56)cc4)cc3)c3ccccc3-c3ccccc32)cc1. The summed E-state index contributed by atoms with van der Waals surface area (Å²) in [5.74, 6) is 0. The summed E-state index contributed by atoms with van der Waals surface area (Å²) in [6.45, 7) is 0. The molecule has 0 amide bonds. The zero-order valence-corrected chi connectivity index (χ0v) is 35.6. The maximum atomic E-state index is 6.16. The summed E-state index contributed by atoms with van der Waals surface area (Å²) in [4.78, 5) is 2.38. The Bertz CT molecular complexity index is 3670. The van der Waals surface area contributed by atoms with Gasteiger partial charge in [-0.15, -0.1) is 11.3 Å². The molecular weight excluding hydrogens is 795 g/mol. The molecule has 0 spiro atoms. The second kappa shape index (κ2) is 14.6. The highest BCUT2D eigenvalue weighted by Gasteiger charge is 2.45. The summed E-state index contributed by atoms with van der Waals surface area (Å²) < 4.78 is 8.80. The summed E-state index contributed by atoms with van der Waals surface area (Å²) >= 11 is 1.87. The molecule has 2 aromatic heterocycles. The Morgan fingerprint density at radius 3 is 1.58 bits per heavy atom. The number of anilines is 3. The number of furan rings is 1. The van der Waals surface area contributed by atoms with Crippen molar-refractivity contribution in [2.75, 3.05) is 4.90 Å². The van der Waals surface area contributed by atoms with Gasteiger partial charge in [-0.3, -0.25) is 0 Å². The van der Waals surface area contributed by atoms with Crippen molar-refractivity contribution in [1.29, 1.82) is 0 Å². The van der Waals surface area contributed by atoms with Crippen molar-refractivity contribution in [3.63, 3.8) is 0 Å². The smallest absolute Gasteiger partial charge is 0.135 e. The first-order valence-electron chi connectivity index (χ1n) is 21.9. The third kappa shape index (κ3) is 5.58. The number of para-hydroxylation sites is 1. The highest BCUT2D eigenvalue weighted by molar-refractivity contribution is 7.26. The molecule has 0 aliphatic heterocycles. The highest BCUT2D eigenvalue weighted by atomic mass is 32.1. The van der Waals surface area contributed by atoms with E-state index < -0.39 is 5.41 Å². The molecule has 0 unspecified atom stereocenters. The summed E-state index contributed by atoms with van der Waals surface area (Å²) in [5, 5.41) is 4.89. The van der Waals surface area contributed by atoms with Crippen LogP contribution in [-0.4, -0.2) is 0 Å². The fourth-order valence-electron chi connectivity index (χ4n) is 10.5. The molecule has 13 rings (SSSR count). The van der Waals surface area contributed by atoms with Gasteiger partial charge in [-0.2, -0.15) is 0 Å². The number of thiophene rings is 1. The first-order valence-corrected chi connectivity index (χ1v) is 22.7. The topological polar surface area (TPSA) is 16.4 Å². The van der Waals surface area contributed by atoms with Gasteiger partial charge >= 0.3 is 0 Å². The molecule has 64 heavy (non-hydrogen) atoms. The van der Waals surface area contributed by atoms with Crippen LogP contribution in [-0.2, 0) is 5.41 Å². The number of fused-ring (bicyclic) bond motifs is 9. The molecular formula is C61H39NOS. The largest absolute Gasteiger partial charge is 0.456 e. The highest BCUT2D eigenvalue weighted by Crippen LogP contribution is 2.56. The Morgan fingerprint density at radius 1 is 0.344 bits per heavy atom. The average molecular weight is 834 g/mol. The van der Waals surface area contributed by atoms with Crippen molar-refractivity contribution in [2.24, 2.45) is 0 Å². The van der Waals surface area contributed by atoms with Gasteiger partial charge in [-0.1, -0.05) is 176 Å². The minimum absolute atomic E-state index is 0.462. The van der Waals surface area contributed by atoms with E-state index in [0.717, 1.165) is 50.1 Å². The zero-order chi connectivity index (χ0) is 42.2. The monoisotopic (exact) mass is 833 g/mol. The van der Waals surface area contributed by atoms with Crippen LogP contribution in [0.15, 0.2) is 241 Å². The van der Waals surface area contributed by atoms with Gasteiger partial charge in [-0.05, 0) is 116 Å². The van der Waals surface area contributed by atoms with E-state index in [0.29, 0.717) is 0 Å². The third-order valence-corrected chi connectivity index (χ3v) is 14.6. The van der Waals surface area contributed by atoms with Crippen LogP contribution in [0, 0.1) is 0 Å². The molecule has 0 fully saturated rings. The number of hydrogen-bond donors (Lipinski definition) is 0. The van der Waals surface area contributed by atoms with Gasteiger partial charge in [-0.25, -0.2) is 0 Å². The van der Waals surface area contributed by atoms with Crippen molar-refractivity contribution in [2.45, 2.75) is 5.41 Å². The van der Waals surface area contributed by atoms with Crippen LogP contribution in [0.25, 0.3) is 75.5 Å². The van der Waals surface area contributed by atoms with E-state index in [4.69, 9.17) is 4.42 Å². The van der Waals surface area contributed by atoms with E-state index in [1.807, 2.05) is 23.5 Å². The minimum atomic E-state index is -0.462. The lowest BCUT2D eigenvalue weighted by Gasteiger charge is -2.34. The van der Waals surface area contributed by atoms with Crippen molar-refractivity contribution in [3.05, 3.63) is 259 Å². The van der Waals surface area contributed by atoms with Crippen LogP contribution in [0.5, 0.6) is 0 Å². The van der Waals surface area contributed by atoms with E-state index in [9.17, 15) is 0 Å². The predicted octanol–water partition coefficient (Wildman–Crippen LogP) is 17.1. The molecule has 0 bridgehead atoms. The normalized spacial score (nSPS) is 12.8. The average Bonchev–Trinajstić information content (AvgIpc) is 4.04. The molecule has 0 atom stereocenters. The minimum Gasteiger partial charge on any atom is -0.456 e. The lowest BCUT2D eigenvalue weighted by molar-refractivity contribution is 0.669. The summed E-state index contributed by atoms with van der Waals surface area (Å²) in [6.07, 6.45) is 0. The third-order valence-electron chi connectivity index (χ3n) is 13.4. The molecule has 0 N–H and O–H groups in total. The molecule has 0 saturated carbocycles. The standard InChI is InChI=1S/C61H39NOS/c1-2-13-43(14-3-1)61(55-21-8-4-15-49(55)50-16-5-9-22-56(50)61)44-30-36-47(37-31-44)62(45-32-25-40(26-33-45)42-29-38-58-54(39-42)51-17-6-10-23-57(51)63-58)46-34-27-41(28-35-46)48-19-12-20-53-52-18-7-11-24-59(52)64-60(48)53/h1-39H. The predicted molar refractivity (Wildman–Crippen MR) is 269 cm³/mol. The van der Waals surface area contributed by atoms with E-state index in [1.165, 1.54) is 64.7 Å². The molecule has 1 aliphatic carbocycles. The molecule has 1 aliphatic rings. The number of hydrogen-bond acceptors (Lipinski definition) is 3. The summed E-state index contributed by atoms with van der Waals surface area (Å²) in [6, 6.07) is 86.5. The van der Waals surface area contributed by atoms with E-state index in [2.05, 4.69) is 229 Å².